The zero-order chi connectivity index (χ0) is 20.6. The predicted octanol–water partition coefficient (Wildman–Crippen LogP) is 5.29. The Labute approximate surface area is 170 Å². The molecule has 0 heterocycles. The topological polar surface area (TPSA) is 67.4 Å². The SMILES string of the molecule is CCCOc1ccccc1C(=O)Nc1ccc(NC(=O)c2ccccc2C)cc1. The molecule has 5 heteroatoms. The number of carbonyl (C=O) groups excluding carboxylic acids is 2. The van der Waals surface area contributed by atoms with Gasteiger partial charge in [-0.15, -0.1) is 0 Å². The maximum absolute atomic E-state index is 12.6. The summed E-state index contributed by atoms with van der Waals surface area (Å²) in [5.41, 5.74) is 3.32. The molecule has 0 bridgehead atoms. The van der Waals surface area contributed by atoms with Gasteiger partial charge in [-0.2, -0.15) is 0 Å². The van der Waals surface area contributed by atoms with Crippen LogP contribution in [0.25, 0.3) is 0 Å². The molecule has 148 valence electrons. The first-order chi connectivity index (χ1) is 14.1. The van der Waals surface area contributed by atoms with Crippen molar-refractivity contribution in [3.8, 4) is 5.75 Å². The van der Waals surface area contributed by atoms with Crippen LogP contribution in [0.3, 0.4) is 0 Å². The molecule has 0 spiro atoms. The molecule has 3 aromatic rings. The number of aryl methyl sites for hydroxylation is 1. The minimum atomic E-state index is -0.242. The lowest BCUT2D eigenvalue weighted by atomic mass is 10.1. The van der Waals surface area contributed by atoms with Gasteiger partial charge in [-0.3, -0.25) is 9.59 Å². The quantitative estimate of drug-likeness (QED) is 0.578. The molecule has 2 amide bonds. The van der Waals surface area contributed by atoms with Gasteiger partial charge in [0.1, 0.15) is 5.75 Å². The highest BCUT2D eigenvalue weighted by molar-refractivity contribution is 6.07. The Bertz CT molecular complexity index is 997. The van der Waals surface area contributed by atoms with Gasteiger partial charge in [-0.1, -0.05) is 37.3 Å². The van der Waals surface area contributed by atoms with E-state index in [4.69, 9.17) is 4.74 Å². The fourth-order valence-electron chi connectivity index (χ4n) is 2.85. The minimum Gasteiger partial charge on any atom is -0.493 e. The molecule has 0 aliphatic heterocycles. The fraction of sp³-hybridized carbons (Fsp3) is 0.167. The van der Waals surface area contributed by atoms with Gasteiger partial charge in [0.2, 0.25) is 0 Å². The highest BCUT2D eigenvalue weighted by atomic mass is 16.5. The monoisotopic (exact) mass is 388 g/mol. The Morgan fingerprint density at radius 3 is 1.86 bits per heavy atom. The smallest absolute Gasteiger partial charge is 0.259 e. The Balaban J connectivity index is 1.66. The van der Waals surface area contributed by atoms with Gasteiger partial charge in [-0.25, -0.2) is 0 Å². The Hall–Kier alpha value is -3.60. The third-order valence-corrected chi connectivity index (χ3v) is 4.38. The van der Waals surface area contributed by atoms with E-state index in [0.29, 0.717) is 34.9 Å². The molecule has 0 radical (unpaired) electrons. The molecule has 29 heavy (non-hydrogen) atoms. The van der Waals surface area contributed by atoms with E-state index in [1.54, 1.807) is 48.5 Å². The standard InChI is InChI=1S/C24H24N2O3/c1-3-16-29-22-11-7-6-10-21(22)24(28)26-19-14-12-18(13-15-19)25-23(27)20-9-5-4-8-17(20)2/h4-15H,3,16H2,1-2H3,(H,25,27)(H,26,28). The van der Waals surface area contributed by atoms with Gasteiger partial charge in [0, 0.05) is 16.9 Å². The number of benzene rings is 3. The van der Waals surface area contributed by atoms with Gasteiger partial charge in [0.25, 0.3) is 11.8 Å². The van der Waals surface area contributed by atoms with E-state index in [2.05, 4.69) is 10.6 Å². The van der Waals surface area contributed by atoms with Crippen LogP contribution in [-0.2, 0) is 0 Å². The summed E-state index contributed by atoms with van der Waals surface area (Å²) < 4.78 is 5.65. The number of para-hydroxylation sites is 1. The third-order valence-electron chi connectivity index (χ3n) is 4.38. The van der Waals surface area contributed by atoms with E-state index in [-0.39, 0.29) is 11.8 Å². The Morgan fingerprint density at radius 2 is 1.28 bits per heavy atom. The molecule has 3 rings (SSSR count). The highest BCUT2D eigenvalue weighted by Crippen LogP contribution is 2.21. The summed E-state index contributed by atoms with van der Waals surface area (Å²) in [6.45, 7) is 4.47. The van der Waals surface area contributed by atoms with E-state index in [1.165, 1.54) is 0 Å². The number of hydrogen-bond acceptors (Lipinski definition) is 3. The first-order valence-corrected chi connectivity index (χ1v) is 9.58. The zero-order valence-corrected chi connectivity index (χ0v) is 16.6. The number of ether oxygens (including phenoxy) is 1. The minimum absolute atomic E-state index is 0.165. The predicted molar refractivity (Wildman–Crippen MR) is 116 cm³/mol. The van der Waals surface area contributed by atoms with Crippen molar-refractivity contribution in [1.29, 1.82) is 0 Å². The summed E-state index contributed by atoms with van der Waals surface area (Å²) >= 11 is 0. The maximum Gasteiger partial charge on any atom is 0.259 e. The average Bonchev–Trinajstić information content (AvgIpc) is 2.74. The van der Waals surface area contributed by atoms with Crippen molar-refractivity contribution >= 4 is 23.2 Å². The number of rotatable bonds is 7. The summed E-state index contributed by atoms with van der Waals surface area (Å²) in [4.78, 5) is 25.0. The number of carbonyl (C=O) groups is 2. The van der Waals surface area contributed by atoms with Crippen LogP contribution in [0.15, 0.2) is 72.8 Å². The molecule has 0 aromatic heterocycles. The number of anilines is 2. The molecule has 5 nitrogen and oxygen atoms in total. The van der Waals surface area contributed by atoms with Crippen molar-refractivity contribution in [3.05, 3.63) is 89.5 Å². The van der Waals surface area contributed by atoms with Crippen LogP contribution in [0.4, 0.5) is 11.4 Å². The number of nitrogens with one attached hydrogen (secondary N) is 2. The molecule has 0 saturated heterocycles. The van der Waals surface area contributed by atoms with Crippen molar-refractivity contribution in [2.24, 2.45) is 0 Å². The normalized spacial score (nSPS) is 10.3. The van der Waals surface area contributed by atoms with Gasteiger partial charge in [0.05, 0.1) is 12.2 Å². The molecular weight excluding hydrogens is 364 g/mol. The lowest BCUT2D eigenvalue weighted by Crippen LogP contribution is -2.15. The van der Waals surface area contributed by atoms with Crippen LogP contribution in [0.1, 0.15) is 39.6 Å². The molecule has 2 N–H and O–H groups in total. The first kappa shape index (κ1) is 20.1. The molecule has 0 saturated carbocycles. The van der Waals surface area contributed by atoms with Gasteiger partial charge < -0.3 is 15.4 Å². The first-order valence-electron chi connectivity index (χ1n) is 9.58. The molecule has 0 fully saturated rings. The van der Waals surface area contributed by atoms with Crippen molar-refractivity contribution in [2.45, 2.75) is 20.3 Å². The van der Waals surface area contributed by atoms with Crippen LogP contribution in [-0.4, -0.2) is 18.4 Å². The lowest BCUT2D eigenvalue weighted by molar-refractivity contribution is 0.101. The molecular formula is C24H24N2O3. The van der Waals surface area contributed by atoms with Gasteiger partial charge >= 0.3 is 0 Å². The number of amides is 2. The summed E-state index contributed by atoms with van der Waals surface area (Å²) in [7, 11) is 0. The van der Waals surface area contributed by atoms with Gasteiger partial charge in [0.15, 0.2) is 0 Å². The number of hydrogen-bond donors (Lipinski definition) is 2. The summed E-state index contributed by atoms with van der Waals surface area (Å²) in [6, 6.07) is 21.6. The molecule has 0 atom stereocenters. The second kappa shape index (κ2) is 9.55. The van der Waals surface area contributed by atoms with E-state index < -0.39 is 0 Å². The van der Waals surface area contributed by atoms with E-state index in [0.717, 1.165) is 12.0 Å². The van der Waals surface area contributed by atoms with E-state index in [9.17, 15) is 9.59 Å². The van der Waals surface area contributed by atoms with Crippen molar-refractivity contribution in [2.75, 3.05) is 17.2 Å². The van der Waals surface area contributed by atoms with Crippen LogP contribution >= 0.6 is 0 Å². The largest absolute Gasteiger partial charge is 0.493 e. The Morgan fingerprint density at radius 1 is 0.759 bits per heavy atom. The fourth-order valence-corrected chi connectivity index (χ4v) is 2.85. The molecule has 0 aliphatic rings. The Kier molecular flexibility index (Phi) is 6.63. The highest BCUT2D eigenvalue weighted by Gasteiger charge is 2.13. The van der Waals surface area contributed by atoms with E-state index in [1.807, 2.05) is 38.1 Å². The second-order valence-electron chi connectivity index (χ2n) is 6.65. The van der Waals surface area contributed by atoms with Crippen molar-refractivity contribution < 1.29 is 14.3 Å². The molecule has 0 unspecified atom stereocenters. The lowest BCUT2D eigenvalue weighted by Gasteiger charge is -2.12. The van der Waals surface area contributed by atoms with Crippen LogP contribution in [0.2, 0.25) is 0 Å². The van der Waals surface area contributed by atoms with Crippen molar-refractivity contribution in [1.82, 2.24) is 0 Å². The summed E-state index contributed by atoms with van der Waals surface area (Å²) in [5.74, 6) is 0.157. The summed E-state index contributed by atoms with van der Waals surface area (Å²) in [5, 5.41) is 5.74. The third kappa shape index (κ3) is 5.23. The summed E-state index contributed by atoms with van der Waals surface area (Å²) in [6.07, 6.45) is 0.867. The second-order valence-corrected chi connectivity index (χ2v) is 6.65. The van der Waals surface area contributed by atoms with Gasteiger partial charge in [-0.05, 0) is 61.4 Å². The average molecular weight is 388 g/mol. The van der Waals surface area contributed by atoms with Crippen LogP contribution in [0, 0.1) is 6.92 Å². The van der Waals surface area contributed by atoms with Crippen molar-refractivity contribution in [3.63, 3.8) is 0 Å². The van der Waals surface area contributed by atoms with Crippen LogP contribution in [0.5, 0.6) is 5.75 Å². The van der Waals surface area contributed by atoms with E-state index >= 15 is 0 Å². The zero-order valence-electron chi connectivity index (χ0n) is 16.6. The molecule has 0 aliphatic carbocycles. The maximum atomic E-state index is 12.6. The van der Waals surface area contributed by atoms with Crippen LogP contribution < -0.4 is 15.4 Å². The molecule has 3 aromatic carbocycles.